The van der Waals surface area contributed by atoms with Crippen LogP contribution in [0.25, 0.3) is 0 Å². The summed E-state index contributed by atoms with van der Waals surface area (Å²) >= 11 is 6.31. The molecule has 3 heteroatoms. The van der Waals surface area contributed by atoms with Gasteiger partial charge in [-0.25, -0.2) is 0 Å². The highest BCUT2D eigenvalue weighted by molar-refractivity contribution is 6.31. The number of likely N-dealkylation sites (N-methyl/N-ethyl adjacent to an activating group) is 1. The molecular weight excluding hydrogens is 270 g/mol. The van der Waals surface area contributed by atoms with Gasteiger partial charge in [-0.1, -0.05) is 49.6 Å². The van der Waals surface area contributed by atoms with Crippen molar-refractivity contribution in [3.63, 3.8) is 0 Å². The third kappa shape index (κ3) is 3.36. The molecular formula is C17H26ClNO. The Morgan fingerprint density at radius 1 is 1.45 bits per heavy atom. The van der Waals surface area contributed by atoms with Gasteiger partial charge in [-0.2, -0.15) is 0 Å². The Hall–Kier alpha value is -0.570. The molecule has 0 bridgehead atoms. The minimum absolute atomic E-state index is 0.0639. The van der Waals surface area contributed by atoms with Crippen molar-refractivity contribution in [1.82, 2.24) is 5.32 Å². The largest absolute Gasteiger partial charge is 0.377 e. The Balaban J connectivity index is 2.19. The first kappa shape index (κ1) is 15.8. The molecule has 0 heterocycles. The lowest BCUT2D eigenvalue weighted by Gasteiger charge is -2.44. The highest BCUT2D eigenvalue weighted by atomic mass is 35.5. The van der Waals surface area contributed by atoms with Gasteiger partial charge in [0.25, 0.3) is 0 Å². The number of nitrogens with one attached hydrogen (secondary N) is 1. The highest BCUT2D eigenvalue weighted by Gasteiger charge is 2.41. The van der Waals surface area contributed by atoms with Gasteiger partial charge in [-0.15, -0.1) is 0 Å². The third-order valence-electron chi connectivity index (χ3n) is 4.76. The Bertz CT molecular complexity index is 437. The van der Waals surface area contributed by atoms with Crippen LogP contribution in [0.15, 0.2) is 24.3 Å². The molecule has 0 spiro atoms. The van der Waals surface area contributed by atoms with E-state index < -0.39 is 0 Å². The number of hydrogen-bond acceptors (Lipinski definition) is 2. The fourth-order valence-electron chi connectivity index (χ4n) is 3.62. The minimum Gasteiger partial charge on any atom is -0.377 e. The van der Waals surface area contributed by atoms with Crippen LogP contribution in [0.4, 0.5) is 0 Å². The van der Waals surface area contributed by atoms with E-state index in [-0.39, 0.29) is 5.60 Å². The summed E-state index contributed by atoms with van der Waals surface area (Å²) in [6.45, 7) is 2.33. The first-order chi connectivity index (χ1) is 9.61. The van der Waals surface area contributed by atoms with E-state index in [4.69, 9.17) is 16.3 Å². The monoisotopic (exact) mass is 295 g/mol. The molecule has 1 N–H and O–H groups in total. The maximum atomic E-state index is 6.31. The molecule has 1 aliphatic rings. The molecule has 112 valence electrons. The second-order valence-electron chi connectivity index (χ2n) is 6.11. The molecule has 1 aromatic carbocycles. The summed E-state index contributed by atoms with van der Waals surface area (Å²) in [7, 11) is 3.89. The normalized spacial score (nSPS) is 28.3. The van der Waals surface area contributed by atoms with Crippen molar-refractivity contribution in [2.75, 3.05) is 14.2 Å². The molecule has 3 unspecified atom stereocenters. The van der Waals surface area contributed by atoms with Gasteiger partial charge in [0.2, 0.25) is 0 Å². The number of hydrogen-bond donors (Lipinski definition) is 1. The lowest BCUT2D eigenvalue weighted by atomic mass is 9.73. The van der Waals surface area contributed by atoms with E-state index in [1.54, 1.807) is 0 Å². The van der Waals surface area contributed by atoms with Crippen LogP contribution in [0.5, 0.6) is 0 Å². The molecule has 0 amide bonds. The van der Waals surface area contributed by atoms with Gasteiger partial charge < -0.3 is 10.1 Å². The lowest BCUT2D eigenvalue weighted by Crippen LogP contribution is -2.54. The maximum absolute atomic E-state index is 6.31. The number of methoxy groups -OCH3 is 1. The van der Waals surface area contributed by atoms with Crippen molar-refractivity contribution in [2.24, 2.45) is 5.92 Å². The fourth-order valence-corrected chi connectivity index (χ4v) is 3.84. The molecule has 1 aliphatic carbocycles. The molecule has 2 nitrogen and oxygen atoms in total. The summed E-state index contributed by atoms with van der Waals surface area (Å²) in [4.78, 5) is 0. The number of benzene rings is 1. The summed E-state index contributed by atoms with van der Waals surface area (Å²) in [5.41, 5.74) is 1.13. The van der Waals surface area contributed by atoms with Crippen LogP contribution in [-0.2, 0) is 11.2 Å². The van der Waals surface area contributed by atoms with Gasteiger partial charge in [0, 0.05) is 18.2 Å². The predicted molar refractivity (Wildman–Crippen MR) is 85.4 cm³/mol. The van der Waals surface area contributed by atoms with Crippen molar-refractivity contribution in [2.45, 2.75) is 50.7 Å². The Labute approximate surface area is 127 Å². The second-order valence-corrected chi connectivity index (χ2v) is 6.51. The Morgan fingerprint density at radius 3 is 2.80 bits per heavy atom. The van der Waals surface area contributed by atoms with E-state index in [9.17, 15) is 0 Å². The van der Waals surface area contributed by atoms with E-state index >= 15 is 0 Å². The van der Waals surface area contributed by atoms with Crippen molar-refractivity contribution < 1.29 is 4.74 Å². The van der Waals surface area contributed by atoms with Gasteiger partial charge in [-0.3, -0.25) is 0 Å². The summed E-state index contributed by atoms with van der Waals surface area (Å²) in [6.07, 6.45) is 5.73. The van der Waals surface area contributed by atoms with Crippen LogP contribution in [0.2, 0.25) is 5.02 Å². The zero-order valence-electron chi connectivity index (χ0n) is 12.8. The second kappa shape index (κ2) is 6.93. The lowest BCUT2D eigenvalue weighted by molar-refractivity contribution is -0.0775. The van der Waals surface area contributed by atoms with E-state index in [1.165, 1.54) is 18.4 Å². The smallest absolute Gasteiger partial charge is 0.0836 e. The van der Waals surface area contributed by atoms with Gasteiger partial charge in [0.15, 0.2) is 0 Å². The molecule has 1 aromatic rings. The predicted octanol–water partition coefficient (Wildman–Crippen LogP) is 4.07. The van der Waals surface area contributed by atoms with Crippen molar-refractivity contribution >= 4 is 11.6 Å². The van der Waals surface area contributed by atoms with Crippen molar-refractivity contribution in [1.29, 1.82) is 0 Å². The highest BCUT2D eigenvalue weighted by Crippen LogP contribution is 2.38. The summed E-state index contributed by atoms with van der Waals surface area (Å²) < 4.78 is 6.01. The van der Waals surface area contributed by atoms with Crippen molar-refractivity contribution in [3.05, 3.63) is 34.9 Å². The van der Waals surface area contributed by atoms with Crippen LogP contribution in [0, 0.1) is 5.92 Å². The molecule has 20 heavy (non-hydrogen) atoms. The minimum atomic E-state index is -0.0639. The first-order valence-electron chi connectivity index (χ1n) is 7.57. The van der Waals surface area contributed by atoms with Gasteiger partial charge in [0.05, 0.1) is 5.60 Å². The standard InChI is InChI=1S/C17H26ClNO/c1-13-7-6-10-17(12-13,20-3)16(19-2)11-14-8-4-5-9-15(14)18/h4-5,8-9,13,16,19H,6-7,10-12H2,1-3H3. The third-order valence-corrected chi connectivity index (χ3v) is 5.13. The number of ether oxygens (including phenoxy) is 1. The van der Waals surface area contributed by atoms with E-state index in [0.29, 0.717) is 6.04 Å². The number of halogens is 1. The van der Waals surface area contributed by atoms with Gasteiger partial charge in [-0.05, 0) is 43.9 Å². The summed E-state index contributed by atoms with van der Waals surface area (Å²) in [5.74, 6) is 0.728. The topological polar surface area (TPSA) is 21.3 Å². The van der Waals surface area contributed by atoms with Crippen LogP contribution >= 0.6 is 11.6 Å². The Morgan fingerprint density at radius 2 is 2.20 bits per heavy atom. The van der Waals surface area contributed by atoms with Crippen LogP contribution < -0.4 is 5.32 Å². The van der Waals surface area contributed by atoms with Crippen LogP contribution in [-0.4, -0.2) is 25.8 Å². The molecule has 0 aliphatic heterocycles. The molecule has 1 saturated carbocycles. The molecule has 3 atom stereocenters. The maximum Gasteiger partial charge on any atom is 0.0836 e. The average molecular weight is 296 g/mol. The van der Waals surface area contributed by atoms with E-state index in [2.05, 4.69) is 24.4 Å². The Kier molecular flexibility index (Phi) is 5.48. The van der Waals surface area contributed by atoms with Gasteiger partial charge in [0.1, 0.15) is 0 Å². The van der Waals surface area contributed by atoms with Crippen LogP contribution in [0.1, 0.15) is 38.2 Å². The molecule has 1 fully saturated rings. The quantitative estimate of drug-likeness (QED) is 0.884. The van der Waals surface area contributed by atoms with Crippen LogP contribution in [0.3, 0.4) is 0 Å². The fraction of sp³-hybridized carbons (Fsp3) is 0.647. The molecule has 0 aromatic heterocycles. The average Bonchev–Trinajstić information content (AvgIpc) is 2.46. The van der Waals surface area contributed by atoms with Gasteiger partial charge >= 0.3 is 0 Å². The van der Waals surface area contributed by atoms with E-state index in [1.807, 2.05) is 26.3 Å². The summed E-state index contributed by atoms with van der Waals surface area (Å²) in [6, 6.07) is 8.41. The zero-order chi connectivity index (χ0) is 14.6. The first-order valence-corrected chi connectivity index (χ1v) is 7.95. The summed E-state index contributed by atoms with van der Waals surface area (Å²) in [5, 5.41) is 4.33. The zero-order valence-corrected chi connectivity index (χ0v) is 13.5. The molecule has 0 saturated heterocycles. The number of rotatable bonds is 5. The van der Waals surface area contributed by atoms with Crippen molar-refractivity contribution in [3.8, 4) is 0 Å². The van der Waals surface area contributed by atoms with E-state index in [0.717, 1.165) is 30.2 Å². The molecule has 2 rings (SSSR count). The SMILES string of the molecule is CNC(Cc1ccccc1Cl)C1(OC)CCCC(C)C1. The molecule has 0 radical (unpaired) electrons.